The van der Waals surface area contributed by atoms with Gasteiger partial charge < -0.3 is 15.5 Å². The second kappa shape index (κ2) is 7.14. The summed E-state index contributed by atoms with van der Waals surface area (Å²) in [5.74, 6) is 0. The standard InChI is InChI=1S/C12H16F3NO2S/c1-16-6-5-10(17)11(18)8-3-2-4-9(7-8)19-12(13,14)15/h2-4,7,10-11,16-18H,5-6H2,1H3. The first kappa shape index (κ1) is 16.3. The van der Waals surface area contributed by atoms with Crippen LogP contribution in [0.15, 0.2) is 29.2 Å². The number of halogens is 3. The minimum atomic E-state index is -4.37. The Bertz CT molecular complexity index is 401. The second-order valence-electron chi connectivity index (χ2n) is 4.02. The van der Waals surface area contributed by atoms with E-state index in [4.69, 9.17) is 0 Å². The molecule has 108 valence electrons. The lowest BCUT2D eigenvalue weighted by Gasteiger charge is -2.18. The maximum atomic E-state index is 12.2. The van der Waals surface area contributed by atoms with E-state index in [0.717, 1.165) is 0 Å². The number of hydrogen-bond acceptors (Lipinski definition) is 4. The van der Waals surface area contributed by atoms with Crippen LogP contribution in [0.1, 0.15) is 18.1 Å². The van der Waals surface area contributed by atoms with Crippen LogP contribution in [0, 0.1) is 0 Å². The van der Waals surface area contributed by atoms with Crippen LogP contribution in [0.5, 0.6) is 0 Å². The van der Waals surface area contributed by atoms with Gasteiger partial charge in [0.25, 0.3) is 0 Å². The normalized spacial score (nSPS) is 15.3. The number of hydrogen-bond donors (Lipinski definition) is 3. The summed E-state index contributed by atoms with van der Waals surface area (Å²) in [5, 5.41) is 22.4. The number of benzene rings is 1. The molecule has 0 aliphatic carbocycles. The quantitative estimate of drug-likeness (QED) is 0.705. The van der Waals surface area contributed by atoms with Gasteiger partial charge in [0.1, 0.15) is 6.10 Å². The van der Waals surface area contributed by atoms with Gasteiger partial charge in [-0.2, -0.15) is 13.2 Å². The van der Waals surface area contributed by atoms with E-state index in [2.05, 4.69) is 5.32 Å². The molecule has 3 N–H and O–H groups in total. The fourth-order valence-electron chi connectivity index (χ4n) is 1.57. The van der Waals surface area contributed by atoms with E-state index in [1.54, 1.807) is 7.05 Å². The number of alkyl halides is 3. The highest BCUT2D eigenvalue weighted by Crippen LogP contribution is 2.37. The van der Waals surface area contributed by atoms with Gasteiger partial charge in [-0.3, -0.25) is 0 Å². The van der Waals surface area contributed by atoms with Gasteiger partial charge in [0.15, 0.2) is 0 Å². The molecule has 0 aliphatic rings. The summed E-state index contributed by atoms with van der Waals surface area (Å²) in [7, 11) is 1.71. The molecule has 1 rings (SSSR count). The van der Waals surface area contributed by atoms with Crippen LogP contribution in [0.4, 0.5) is 13.2 Å². The Hall–Kier alpha value is -0.760. The maximum absolute atomic E-state index is 12.2. The van der Waals surface area contributed by atoms with E-state index in [1.807, 2.05) is 0 Å². The fourth-order valence-corrected chi connectivity index (χ4v) is 2.18. The molecule has 0 saturated carbocycles. The zero-order valence-electron chi connectivity index (χ0n) is 10.3. The van der Waals surface area contributed by atoms with E-state index in [-0.39, 0.29) is 22.2 Å². The zero-order valence-corrected chi connectivity index (χ0v) is 11.1. The molecule has 0 spiro atoms. The van der Waals surface area contributed by atoms with Crippen LogP contribution in [-0.2, 0) is 0 Å². The smallest absolute Gasteiger partial charge is 0.390 e. The molecule has 0 fully saturated rings. The predicted octanol–water partition coefficient (Wildman–Crippen LogP) is 2.30. The molecule has 1 aromatic rings. The van der Waals surface area contributed by atoms with Crippen LogP contribution in [-0.4, -0.2) is 35.4 Å². The molecule has 0 amide bonds. The number of aliphatic hydroxyl groups excluding tert-OH is 2. The van der Waals surface area contributed by atoms with Gasteiger partial charge in [0.2, 0.25) is 0 Å². The molecular weight excluding hydrogens is 279 g/mol. The third-order valence-corrected chi connectivity index (χ3v) is 3.21. The first-order chi connectivity index (χ1) is 8.83. The Kier molecular flexibility index (Phi) is 6.12. The van der Waals surface area contributed by atoms with Gasteiger partial charge in [-0.25, -0.2) is 0 Å². The van der Waals surface area contributed by atoms with Gasteiger partial charge in [0, 0.05) is 4.90 Å². The molecule has 0 saturated heterocycles. The summed E-state index contributed by atoms with van der Waals surface area (Å²) >= 11 is -0.243. The average molecular weight is 295 g/mol. The Labute approximate surface area is 113 Å². The van der Waals surface area contributed by atoms with E-state index < -0.39 is 17.7 Å². The lowest BCUT2D eigenvalue weighted by Crippen LogP contribution is -2.23. The molecule has 1 aromatic carbocycles. The Morgan fingerprint density at radius 3 is 2.58 bits per heavy atom. The second-order valence-corrected chi connectivity index (χ2v) is 5.16. The van der Waals surface area contributed by atoms with Gasteiger partial charge >= 0.3 is 5.51 Å². The van der Waals surface area contributed by atoms with Crippen LogP contribution in [0.2, 0.25) is 0 Å². The van der Waals surface area contributed by atoms with Crippen molar-refractivity contribution in [1.82, 2.24) is 5.32 Å². The summed E-state index contributed by atoms with van der Waals surface area (Å²) in [6, 6.07) is 5.48. The van der Waals surface area contributed by atoms with E-state index in [0.29, 0.717) is 13.0 Å². The SMILES string of the molecule is CNCCC(O)C(O)c1cccc(SC(F)(F)F)c1. The highest BCUT2D eigenvalue weighted by atomic mass is 32.2. The highest BCUT2D eigenvalue weighted by molar-refractivity contribution is 8.00. The van der Waals surface area contributed by atoms with Crippen molar-refractivity contribution in [3.63, 3.8) is 0 Å². The summed E-state index contributed by atoms with van der Waals surface area (Å²) in [5.41, 5.74) is -4.09. The minimum Gasteiger partial charge on any atom is -0.390 e. The number of aliphatic hydroxyl groups is 2. The number of nitrogens with one attached hydrogen (secondary N) is 1. The van der Waals surface area contributed by atoms with Gasteiger partial charge in [-0.05, 0) is 49.5 Å². The van der Waals surface area contributed by atoms with Crippen molar-refractivity contribution < 1.29 is 23.4 Å². The van der Waals surface area contributed by atoms with E-state index in [1.165, 1.54) is 24.3 Å². The third kappa shape index (κ3) is 5.82. The van der Waals surface area contributed by atoms with Crippen LogP contribution >= 0.6 is 11.8 Å². The molecular formula is C12H16F3NO2S. The Balaban J connectivity index is 2.75. The number of rotatable bonds is 6. The lowest BCUT2D eigenvalue weighted by atomic mass is 10.0. The van der Waals surface area contributed by atoms with Crippen molar-refractivity contribution >= 4 is 11.8 Å². The summed E-state index contributed by atoms with van der Waals surface area (Å²) in [6.45, 7) is 0.509. The van der Waals surface area contributed by atoms with Gasteiger partial charge in [0.05, 0.1) is 6.10 Å². The molecule has 0 aliphatic heterocycles. The topological polar surface area (TPSA) is 52.5 Å². The fraction of sp³-hybridized carbons (Fsp3) is 0.500. The first-order valence-corrected chi connectivity index (χ1v) is 6.51. The van der Waals surface area contributed by atoms with Crippen molar-refractivity contribution in [2.45, 2.75) is 29.0 Å². The Morgan fingerprint density at radius 1 is 1.32 bits per heavy atom. The van der Waals surface area contributed by atoms with Crippen LogP contribution in [0.3, 0.4) is 0 Å². The molecule has 7 heteroatoms. The van der Waals surface area contributed by atoms with Crippen LogP contribution < -0.4 is 5.32 Å². The molecule has 0 aromatic heterocycles. The van der Waals surface area contributed by atoms with Crippen molar-refractivity contribution in [2.24, 2.45) is 0 Å². The van der Waals surface area contributed by atoms with Gasteiger partial charge in [-0.15, -0.1) is 0 Å². The van der Waals surface area contributed by atoms with Gasteiger partial charge in [-0.1, -0.05) is 12.1 Å². The first-order valence-electron chi connectivity index (χ1n) is 5.70. The molecule has 0 radical (unpaired) electrons. The minimum absolute atomic E-state index is 0.00938. The van der Waals surface area contributed by atoms with Crippen molar-refractivity contribution in [1.29, 1.82) is 0 Å². The summed E-state index contributed by atoms with van der Waals surface area (Å²) in [6.07, 6.45) is -1.89. The molecule has 2 atom stereocenters. The largest absolute Gasteiger partial charge is 0.446 e. The van der Waals surface area contributed by atoms with Crippen molar-refractivity contribution in [2.75, 3.05) is 13.6 Å². The predicted molar refractivity (Wildman–Crippen MR) is 67.9 cm³/mol. The Morgan fingerprint density at radius 2 is 2.00 bits per heavy atom. The van der Waals surface area contributed by atoms with Crippen LogP contribution in [0.25, 0.3) is 0 Å². The van der Waals surface area contributed by atoms with E-state index >= 15 is 0 Å². The maximum Gasteiger partial charge on any atom is 0.446 e. The van der Waals surface area contributed by atoms with Crippen molar-refractivity contribution in [3.05, 3.63) is 29.8 Å². The lowest BCUT2D eigenvalue weighted by molar-refractivity contribution is -0.0328. The monoisotopic (exact) mass is 295 g/mol. The van der Waals surface area contributed by atoms with E-state index in [9.17, 15) is 23.4 Å². The molecule has 3 nitrogen and oxygen atoms in total. The summed E-state index contributed by atoms with van der Waals surface area (Å²) in [4.78, 5) is -0.00938. The third-order valence-electron chi connectivity index (χ3n) is 2.49. The molecule has 0 heterocycles. The van der Waals surface area contributed by atoms with Crippen molar-refractivity contribution in [3.8, 4) is 0 Å². The summed E-state index contributed by atoms with van der Waals surface area (Å²) < 4.78 is 36.7. The molecule has 0 bridgehead atoms. The molecule has 2 unspecified atom stereocenters. The molecule has 19 heavy (non-hydrogen) atoms. The highest BCUT2D eigenvalue weighted by Gasteiger charge is 2.29. The average Bonchev–Trinajstić information content (AvgIpc) is 2.33. The zero-order chi connectivity index (χ0) is 14.5. The number of thioether (sulfide) groups is 1.